The predicted octanol–water partition coefficient (Wildman–Crippen LogP) is 3.18. The van der Waals surface area contributed by atoms with Gasteiger partial charge >= 0.3 is 0 Å². The van der Waals surface area contributed by atoms with Gasteiger partial charge in [0.2, 0.25) is 0 Å². The molecule has 2 aromatic carbocycles. The van der Waals surface area contributed by atoms with Crippen LogP contribution in [0.1, 0.15) is 18.9 Å². The smallest absolute Gasteiger partial charge is 0.282 e. The van der Waals surface area contributed by atoms with Crippen LogP contribution in [0.2, 0.25) is 5.02 Å². The minimum atomic E-state index is -0.520. The Balaban J connectivity index is 1.63. The van der Waals surface area contributed by atoms with Crippen LogP contribution in [0.3, 0.4) is 0 Å². The lowest BCUT2D eigenvalue weighted by atomic mass is 9.99. The summed E-state index contributed by atoms with van der Waals surface area (Å²) in [5.74, 6) is -0.708. The number of anilines is 1. The van der Waals surface area contributed by atoms with E-state index in [1.807, 2.05) is 25.1 Å². The molecule has 0 fully saturated rings. The van der Waals surface area contributed by atoms with Crippen molar-refractivity contribution in [2.75, 3.05) is 18.4 Å². The van der Waals surface area contributed by atoms with Crippen LogP contribution >= 0.6 is 11.6 Å². The van der Waals surface area contributed by atoms with Gasteiger partial charge in [0.05, 0.1) is 18.8 Å². The molecule has 0 radical (unpaired) electrons. The summed E-state index contributed by atoms with van der Waals surface area (Å²) in [5.41, 5.74) is 2.72. The lowest BCUT2D eigenvalue weighted by molar-refractivity contribution is -0.909. The molecule has 1 unspecified atom stereocenters. The molecule has 3 rings (SSSR count). The summed E-state index contributed by atoms with van der Waals surface area (Å²) in [5, 5.41) is 2.97. The quantitative estimate of drug-likeness (QED) is 0.863. The monoisotopic (exact) mass is 359 g/mol. The summed E-state index contributed by atoms with van der Waals surface area (Å²) in [6.45, 7) is 3.53. The Morgan fingerprint density at radius 3 is 2.64 bits per heavy atom. The maximum absolute atomic E-state index is 13.8. The first-order valence-corrected chi connectivity index (χ1v) is 8.77. The highest BCUT2D eigenvalue weighted by atomic mass is 35.5. The van der Waals surface area contributed by atoms with E-state index in [-0.39, 0.29) is 17.6 Å². The van der Waals surface area contributed by atoms with Crippen molar-refractivity contribution < 1.29 is 14.1 Å². The summed E-state index contributed by atoms with van der Waals surface area (Å²) in [4.78, 5) is 13.6. The van der Waals surface area contributed by atoms with E-state index in [2.05, 4.69) is 23.5 Å². The van der Waals surface area contributed by atoms with Crippen LogP contribution in [-0.2, 0) is 4.79 Å². The van der Waals surface area contributed by atoms with Gasteiger partial charge < -0.3 is 10.2 Å². The van der Waals surface area contributed by atoms with Crippen molar-refractivity contribution in [3.63, 3.8) is 0 Å². The molecule has 130 valence electrons. The second-order valence-corrected chi connectivity index (χ2v) is 6.73. The second-order valence-electron chi connectivity index (χ2n) is 6.29. The summed E-state index contributed by atoms with van der Waals surface area (Å²) in [7, 11) is 0. The Hall–Kier alpha value is -2.17. The Bertz CT molecular complexity index is 792. The van der Waals surface area contributed by atoms with E-state index < -0.39 is 5.82 Å². The molecule has 2 aromatic rings. The normalized spacial score (nSPS) is 18.4. The molecule has 1 aliphatic heterocycles. The van der Waals surface area contributed by atoms with E-state index in [9.17, 15) is 9.18 Å². The Kier molecular flexibility index (Phi) is 5.51. The minimum Gasteiger partial charge on any atom is -0.321 e. The summed E-state index contributed by atoms with van der Waals surface area (Å²) in [6.07, 6.45) is 3.12. The van der Waals surface area contributed by atoms with Crippen LogP contribution < -0.4 is 10.2 Å². The zero-order valence-corrected chi connectivity index (χ0v) is 14.8. The van der Waals surface area contributed by atoms with Crippen LogP contribution in [0.15, 0.2) is 54.6 Å². The molecular weight excluding hydrogens is 339 g/mol. The van der Waals surface area contributed by atoms with Crippen molar-refractivity contribution in [2.45, 2.75) is 19.4 Å². The first-order valence-electron chi connectivity index (χ1n) is 8.39. The van der Waals surface area contributed by atoms with Crippen LogP contribution in [0.4, 0.5) is 10.1 Å². The third-order valence-corrected chi connectivity index (χ3v) is 4.90. The summed E-state index contributed by atoms with van der Waals surface area (Å²) < 4.78 is 13.8. The first kappa shape index (κ1) is 17.6. The van der Waals surface area contributed by atoms with Gasteiger partial charge in [0.1, 0.15) is 5.82 Å². The minimum absolute atomic E-state index is 0.165. The zero-order valence-electron chi connectivity index (χ0n) is 14.1. The van der Waals surface area contributed by atoms with E-state index in [1.54, 1.807) is 6.07 Å². The Morgan fingerprint density at radius 2 is 2.00 bits per heavy atom. The van der Waals surface area contributed by atoms with Crippen molar-refractivity contribution >= 4 is 28.8 Å². The standard InChI is InChI=1S/C20H20ClFN2O/c1-14(20(25)23-19-8-7-17(21)13-18(19)22)24-11-9-16(10-12-24)15-5-3-2-4-6-15/h2-9,13-14H,10-12H2,1H3,(H,23,25)/p+1/t14-/m1/s1. The van der Waals surface area contributed by atoms with E-state index in [0.29, 0.717) is 5.02 Å². The van der Waals surface area contributed by atoms with Crippen molar-refractivity contribution in [2.24, 2.45) is 0 Å². The molecule has 25 heavy (non-hydrogen) atoms. The van der Waals surface area contributed by atoms with Gasteiger partial charge in [-0.25, -0.2) is 4.39 Å². The fourth-order valence-electron chi connectivity index (χ4n) is 3.08. The number of amides is 1. The van der Waals surface area contributed by atoms with Crippen LogP contribution in [-0.4, -0.2) is 25.0 Å². The van der Waals surface area contributed by atoms with Gasteiger partial charge in [-0.2, -0.15) is 0 Å². The highest BCUT2D eigenvalue weighted by Gasteiger charge is 2.27. The third kappa shape index (κ3) is 4.27. The van der Waals surface area contributed by atoms with E-state index >= 15 is 0 Å². The number of quaternary nitrogens is 1. The molecule has 5 heteroatoms. The molecule has 0 aliphatic carbocycles. The molecule has 1 amide bonds. The second kappa shape index (κ2) is 7.81. The van der Waals surface area contributed by atoms with Gasteiger partial charge in [0.25, 0.3) is 5.91 Å². The number of carbonyl (C=O) groups excluding carboxylic acids is 1. The highest BCUT2D eigenvalue weighted by molar-refractivity contribution is 6.30. The molecule has 2 atom stereocenters. The van der Waals surface area contributed by atoms with Crippen molar-refractivity contribution in [3.8, 4) is 0 Å². The summed E-state index contributed by atoms with van der Waals surface area (Å²) in [6, 6.07) is 14.3. The van der Waals surface area contributed by atoms with Gasteiger partial charge in [0.15, 0.2) is 6.04 Å². The molecule has 0 bridgehead atoms. The number of hydrogen-bond acceptors (Lipinski definition) is 1. The molecule has 1 heterocycles. The lowest BCUT2D eigenvalue weighted by Crippen LogP contribution is -3.17. The van der Waals surface area contributed by atoms with Gasteiger partial charge in [-0.05, 0) is 42.3 Å². The van der Waals surface area contributed by atoms with Gasteiger partial charge in [-0.1, -0.05) is 41.9 Å². The fourth-order valence-corrected chi connectivity index (χ4v) is 3.24. The van der Waals surface area contributed by atoms with Gasteiger partial charge in [-0.3, -0.25) is 4.79 Å². The van der Waals surface area contributed by atoms with E-state index in [4.69, 9.17) is 11.6 Å². The van der Waals surface area contributed by atoms with Crippen LogP contribution in [0.25, 0.3) is 5.57 Å². The highest BCUT2D eigenvalue weighted by Crippen LogP contribution is 2.20. The largest absolute Gasteiger partial charge is 0.321 e. The van der Waals surface area contributed by atoms with Crippen molar-refractivity contribution in [1.82, 2.24) is 0 Å². The average Bonchev–Trinajstić information content (AvgIpc) is 2.64. The molecule has 3 nitrogen and oxygen atoms in total. The molecule has 0 saturated carbocycles. The van der Waals surface area contributed by atoms with Crippen molar-refractivity contribution in [3.05, 3.63) is 71.0 Å². The molecule has 1 aliphatic rings. The molecular formula is C20H21ClFN2O+. The zero-order chi connectivity index (χ0) is 17.8. The summed E-state index contributed by atoms with van der Waals surface area (Å²) >= 11 is 5.74. The van der Waals surface area contributed by atoms with Crippen LogP contribution in [0, 0.1) is 5.82 Å². The number of hydrogen-bond donors (Lipinski definition) is 2. The predicted molar refractivity (Wildman–Crippen MR) is 99.2 cm³/mol. The Morgan fingerprint density at radius 1 is 1.24 bits per heavy atom. The van der Waals surface area contributed by atoms with Crippen molar-refractivity contribution in [1.29, 1.82) is 0 Å². The van der Waals surface area contributed by atoms with Crippen LogP contribution in [0.5, 0.6) is 0 Å². The van der Waals surface area contributed by atoms with E-state index in [1.165, 1.54) is 28.2 Å². The molecule has 0 aromatic heterocycles. The maximum atomic E-state index is 13.8. The SMILES string of the molecule is C[C@H](C(=O)Nc1ccc(Cl)cc1F)[NH+]1CC=C(c2ccccc2)CC1. The molecule has 0 saturated heterocycles. The number of nitrogens with one attached hydrogen (secondary N) is 2. The Labute approximate surface area is 152 Å². The number of benzene rings is 2. The fraction of sp³-hybridized carbons (Fsp3) is 0.250. The number of halogens is 2. The lowest BCUT2D eigenvalue weighted by Gasteiger charge is -2.28. The third-order valence-electron chi connectivity index (χ3n) is 4.67. The van der Waals surface area contributed by atoms with Gasteiger partial charge in [-0.15, -0.1) is 0 Å². The average molecular weight is 360 g/mol. The number of rotatable bonds is 4. The topological polar surface area (TPSA) is 33.5 Å². The maximum Gasteiger partial charge on any atom is 0.282 e. The van der Waals surface area contributed by atoms with E-state index in [0.717, 1.165) is 19.5 Å². The molecule has 0 spiro atoms. The molecule has 2 N–H and O–H groups in total. The van der Waals surface area contributed by atoms with Gasteiger partial charge in [0, 0.05) is 11.4 Å². The first-order chi connectivity index (χ1) is 12.0. The number of carbonyl (C=O) groups is 1.